The number of ether oxygens (including phenoxy) is 3. The van der Waals surface area contributed by atoms with E-state index in [0.717, 1.165) is 57.8 Å². The van der Waals surface area contributed by atoms with E-state index in [1.54, 1.807) is 6.08 Å². The van der Waals surface area contributed by atoms with Crippen LogP contribution < -0.4 is 5.32 Å². The molecule has 0 spiro atoms. The molecule has 1 amide bonds. The number of rotatable bonds is 70. The molecule has 0 saturated carbocycles. The number of nitrogens with one attached hydrogen (secondary N) is 1. The van der Waals surface area contributed by atoms with E-state index in [0.29, 0.717) is 19.4 Å². The molecule has 0 aliphatic carbocycles. The zero-order chi connectivity index (χ0) is 65.1. The van der Waals surface area contributed by atoms with E-state index in [1.807, 2.05) is 6.08 Å². The molecule has 1 rings (SSSR count). The van der Waals surface area contributed by atoms with Gasteiger partial charge in [0.1, 0.15) is 24.4 Å². The highest BCUT2D eigenvalue weighted by Crippen LogP contribution is 2.24. The summed E-state index contributed by atoms with van der Waals surface area (Å²) in [6.45, 7) is 4.39. The van der Waals surface area contributed by atoms with Crippen LogP contribution in [-0.2, 0) is 23.8 Å². The number of amides is 1. The number of esters is 1. The fourth-order valence-electron chi connectivity index (χ4n) is 12.6. The molecule has 11 heteroatoms. The van der Waals surface area contributed by atoms with Crippen molar-refractivity contribution in [1.29, 1.82) is 0 Å². The molecule has 7 unspecified atom stereocenters. The standard InChI is InChI=1S/C79H149NO10/c1-3-5-7-9-11-13-15-16-42-46-49-53-57-61-65-72(82)71(70-89-79-78(87)77(86)76(85)73(69-81)90-79)80-74(83)66-62-58-54-50-47-43-40-38-36-34-32-30-28-26-24-22-20-18-17-19-21-23-25-27-29-31-33-35-37-39-41-44-48-52-56-60-64-68-88-75(84)67-63-59-55-51-45-14-12-10-8-6-4-2/h17,19,23,25,61,65,71-73,76-79,81-82,85-87H,3-16,18,20-22,24,26-60,62-64,66-70H2,1-2H3,(H,80,83)/b19-17-,25-23-,65-61+. The molecule has 1 saturated heterocycles. The normalized spacial score (nSPS) is 17.8. The number of allylic oxidation sites excluding steroid dienone is 5. The van der Waals surface area contributed by atoms with Gasteiger partial charge >= 0.3 is 5.97 Å². The van der Waals surface area contributed by atoms with Crippen molar-refractivity contribution in [2.75, 3.05) is 19.8 Å². The van der Waals surface area contributed by atoms with Crippen molar-refractivity contribution in [3.05, 3.63) is 36.5 Å². The molecule has 0 radical (unpaired) electrons. The van der Waals surface area contributed by atoms with E-state index in [4.69, 9.17) is 14.2 Å². The number of carbonyl (C=O) groups excluding carboxylic acids is 2. The highest BCUT2D eigenvalue weighted by atomic mass is 16.7. The van der Waals surface area contributed by atoms with E-state index in [2.05, 4.69) is 43.5 Å². The van der Waals surface area contributed by atoms with Crippen molar-refractivity contribution < 1.29 is 49.3 Å². The second-order valence-corrected chi connectivity index (χ2v) is 27.4. The second-order valence-electron chi connectivity index (χ2n) is 27.4. The van der Waals surface area contributed by atoms with Crippen molar-refractivity contribution in [1.82, 2.24) is 5.32 Å². The van der Waals surface area contributed by atoms with Crippen LogP contribution in [-0.4, -0.2) is 100 Å². The SMILES string of the molecule is CCCCCCCCCCCCCC/C=C/C(O)C(COC1OC(CO)C(O)C(O)C1O)NC(=O)CCCCCCCCCCCCCCCCCCC/C=C\C/C=C\CCCCCCCCCCCCCCCOC(=O)CCCCCCCCCCCCC. The Labute approximate surface area is 555 Å². The summed E-state index contributed by atoms with van der Waals surface area (Å²) in [5.74, 6) is -0.163. The van der Waals surface area contributed by atoms with Crippen LogP contribution in [0.1, 0.15) is 393 Å². The van der Waals surface area contributed by atoms with Crippen LogP contribution in [0.5, 0.6) is 0 Å². The van der Waals surface area contributed by atoms with Gasteiger partial charge in [0, 0.05) is 12.8 Å². The number of hydrogen-bond donors (Lipinski definition) is 6. The van der Waals surface area contributed by atoms with Gasteiger partial charge in [-0.25, -0.2) is 0 Å². The first-order chi connectivity index (χ1) is 44.2. The summed E-state index contributed by atoms with van der Waals surface area (Å²) < 4.78 is 16.8. The lowest BCUT2D eigenvalue weighted by atomic mass is 9.99. The molecule has 1 heterocycles. The molecule has 0 aromatic rings. The highest BCUT2D eigenvalue weighted by Gasteiger charge is 2.44. The minimum atomic E-state index is -1.57. The van der Waals surface area contributed by atoms with Crippen LogP contribution in [0.25, 0.3) is 0 Å². The van der Waals surface area contributed by atoms with Gasteiger partial charge in [0.15, 0.2) is 6.29 Å². The number of carbonyl (C=O) groups is 2. The summed E-state index contributed by atoms with van der Waals surface area (Å²) in [5.41, 5.74) is 0. The molecular formula is C79H149NO10. The zero-order valence-corrected chi connectivity index (χ0v) is 59.1. The number of aliphatic hydroxyl groups is 5. The van der Waals surface area contributed by atoms with E-state index < -0.39 is 49.5 Å². The molecule has 1 aliphatic heterocycles. The fraction of sp³-hybridized carbons (Fsp3) is 0.899. The quantitative estimate of drug-likeness (QED) is 0.0195. The van der Waals surface area contributed by atoms with E-state index in [1.165, 1.54) is 308 Å². The smallest absolute Gasteiger partial charge is 0.305 e. The molecule has 1 aliphatic rings. The van der Waals surface area contributed by atoms with Gasteiger partial charge in [0.05, 0.1) is 32.0 Å². The Kier molecular flexibility index (Phi) is 65.2. The summed E-state index contributed by atoms with van der Waals surface area (Å²) in [4.78, 5) is 25.1. The minimum absolute atomic E-state index is 0.0128. The van der Waals surface area contributed by atoms with Crippen LogP contribution in [0, 0.1) is 0 Å². The minimum Gasteiger partial charge on any atom is -0.466 e. The lowest BCUT2D eigenvalue weighted by Gasteiger charge is -2.40. The van der Waals surface area contributed by atoms with Gasteiger partial charge < -0.3 is 45.1 Å². The first kappa shape index (κ1) is 85.9. The first-order valence-corrected chi connectivity index (χ1v) is 39.3. The molecule has 0 aromatic carbocycles. The Morgan fingerprint density at radius 2 is 0.744 bits per heavy atom. The maximum atomic E-state index is 13.1. The van der Waals surface area contributed by atoms with Crippen molar-refractivity contribution in [2.24, 2.45) is 0 Å². The van der Waals surface area contributed by atoms with Crippen LogP contribution in [0.3, 0.4) is 0 Å². The van der Waals surface area contributed by atoms with Crippen molar-refractivity contribution in [2.45, 2.75) is 436 Å². The Hall–Kier alpha value is -2.12. The second kappa shape index (κ2) is 68.3. The van der Waals surface area contributed by atoms with Crippen LogP contribution in [0.4, 0.5) is 0 Å². The summed E-state index contributed by atoms with van der Waals surface area (Å²) in [6.07, 6.45) is 78.8. The lowest BCUT2D eigenvalue weighted by Crippen LogP contribution is -2.60. The third-order valence-electron chi connectivity index (χ3n) is 18.7. The Morgan fingerprint density at radius 1 is 0.411 bits per heavy atom. The molecule has 90 heavy (non-hydrogen) atoms. The predicted octanol–water partition coefficient (Wildman–Crippen LogP) is 20.9. The van der Waals surface area contributed by atoms with E-state index in [-0.39, 0.29) is 18.5 Å². The maximum Gasteiger partial charge on any atom is 0.305 e. The fourth-order valence-corrected chi connectivity index (χ4v) is 12.6. The van der Waals surface area contributed by atoms with Gasteiger partial charge in [-0.1, -0.05) is 352 Å². The molecule has 0 aromatic heterocycles. The Bertz CT molecular complexity index is 1590. The molecule has 1 fully saturated rings. The molecule has 6 N–H and O–H groups in total. The average molecular weight is 1270 g/mol. The third-order valence-corrected chi connectivity index (χ3v) is 18.7. The average Bonchev–Trinajstić information content (AvgIpc) is 1.17. The molecule has 530 valence electrons. The summed E-state index contributed by atoms with van der Waals surface area (Å²) in [6, 6.07) is -0.808. The van der Waals surface area contributed by atoms with Gasteiger partial charge in [-0.2, -0.15) is 0 Å². The molecule has 0 bridgehead atoms. The first-order valence-electron chi connectivity index (χ1n) is 39.3. The van der Waals surface area contributed by atoms with Crippen LogP contribution in [0.15, 0.2) is 36.5 Å². The third kappa shape index (κ3) is 56.2. The summed E-state index contributed by atoms with van der Waals surface area (Å²) in [7, 11) is 0. The van der Waals surface area contributed by atoms with Crippen molar-refractivity contribution in [3.8, 4) is 0 Å². The largest absolute Gasteiger partial charge is 0.466 e. The number of hydrogen-bond acceptors (Lipinski definition) is 10. The highest BCUT2D eigenvalue weighted by molar-refractivity contribution is 5.76. The van der Waals surface area contributed by atoms with Gasteiger partial charge in [0.2, 0.25) is 5.91 Å². The van der Waals surface area contributed by atoms with Gasteiger partial charge in [-0.05, 0) is 64.2 Å². The molecule has 7 atom stereocenters. The summed E-state index contributed by atoms with van der Waals surface area (Å²) >= 11 is 0. The van der Waals surface area contributed by atoms with E-state index in [9.17, 15) is 35.1 Å². The van der Waals surface area contributed by atoms with Gasteiger partial charge in [-0.15, -0.1) is 0 Å². The van der Waals surface area contributed by atoms with Gasteiger partial charge in [0.25, 0.3) is 0 Å². The molecule has 11 nitrogen and oxygen atoms in total. The van der Waals surface area contributed by atoms with Crippen molar-refractivity contribution >= 4 is 11.9 Å². The number of unbranched alkanes of at least 4 members (excludes halogenated alkanes) is 52. The van der Waals surface area contributed by atoms with Crippen LogP contribution >= 0.6 is 0 Å². The topological polar surface area (TPSA) is 175 Å². The van der Waals surface area contributed by atoms with Gasteiger partial charge in [-0.3, -0.25) is 9.59 Å². The molecular weight excluding hydrogens is 1120 g/mol. The number of aliphatic hydroxyl groups excluding tert-OH is 5. The summed E-state index contributed by atoms with van der Waals surface area (Å²) in [5, 5.41) is 54.6. The predicted molar refractivity (Wildman–Crippen MR) is 380 cm³/mol. The zero-order valence-electron chi connectivity index (χ0n) is 59.1. The monoisotopic (exact) mass is 1270 g/mol. The van der Waals surface area contributed by atoms with Crippen molar-refractivity contribution in [3.63, 3.8) is 0 Å². The Morgan fingerprint density at radius 3 is 1.12 bits per heavy atom. The maximum absolute atomic E-state index is 13.1. The Balaban J connectivity index is 1.94. The van der Waals surface area contributed by atoms with Crippen LogP contribution in [0.2, 0.25) is 0 Å². The lowest BCUT2D eigenvalue weighted by molar-refractivity contribution is -0.302. The van der Waals surface area contributed by atoms with E-state index >= 15 is 0 Å².